The van der Waals surface area contributed by atoms with E-state index in [4.69, 9.17) is 0 Å². The van der Waals surface area contributed by atoms with E-state index in [-0.39, 0.29) is 5.78 Å². The Hall–Kier alpha value is -0.670. The quantitative estimate of drug-likeness (QED) is 0.795. The number of hydrogen-bond acceptors (Lipinski definition) is 3. The van der Waals surface area contributed by atoms with E-state index < -0.39 is 0 Å². The summed E-state index contributed by atoms with van der Waals surface area (Å²) in [6, 6.07) is 4.52. The van der Waals surface area contributed by atoms with Crippen LogP contribution in [0, 0.1) is 6.92 Å². The van der Waals surface area contributed by atoms with Gasteiger partial charge in [0.1, 0.15) is 0 Å². The molecule has 1 fully saturated rings. The number of carbonyl (C=O) groups is 1. The van der Waals surface area contributed by atoms with Crippen molar-refractivity contribution in [2.75, 3.05) is 6.54 Å². The van der Waals surface area contributed by atoms with Gasteiger partial charge in [-0.1, -0.05) is 12.8 Å². The first kappa shape index (κ1) is 10.8. The van der Waals surface area contributed by atoms with E-state index in [0.29, 0.717) is 12.6 Å². The molecule has 1 aromatic rings. The third-order valence-electron chi connectivity index (χ3n) is 2.92. The highest BCUT2D eigenvalue weighted by molar-refractivity contribution is 7.14. The lowest BCUT2D eigenvalue weighted by Gasteiger charge is -2.09. The molecular formula is C12H17NOS. The fourth-order valence-corrected chi connectivity index (χ4v) is 2.84. The maximum absolute atomic E-state index is 11.8. The third-order valence-corrected chi connectivity index (χ3v) is 3.96. The number of Topliss-reactive ketones (excluding diaryl/α,β-unsaturated/α-hetero) is 1. The Labute approximate surface area is 94.7 Å². The first-order valence-electron chi connectivity index (χ1n) is 5.59. The molecule has 3 heteroatoms. The maximum Gasteiger partial charge on any atom is 0.186 e. The van der Waals surface area contributed by atoms with Crippen molar-refractivity contribution in [3.05, 3.63) is 21.9 Å². The molecule has 1 aliphatic carbocycles. The molecular weight excluding hydrogens is 206 g/mol. The van der Waals surface area contributed by atoms with Gasteiger partial charge in [0.25, 0.3) is 0 Å². The van der Waals surface area contributed by atoms with Crippen LogP contribution in [0.5, 0.6) is 0 Å². The van der Waals surface area contributed by atoms with E-state index in [0.717, 1.165) is 4.88 Å². The summed E-state index contributed by atoms with van der Waals surface area (Å²) in [7, 11) is 0. The molecule has 0 radical (unpaired) electrons. The molecule has 1 aromatic heterocycles. The van der Waals surface area contributed by atoms with E-state index in [9.17, 15) is 4.79 Å². The zero-order chi connectivity index (χ0) is 10.7. The highest BCUT2D eigenvalue weighted by Crippen LogP contribution is 2.18. The van der Waals surface area contributed by atoms with E-state index in [1.165, 1.54) is 30.6 Å². The molecule has 15 heavy (non-hydrogen) atoms. The van der Waals surface area contributed by atoms with Crippen LogP contribution < -0.4 is 5.32 Å². The second-order valence-electron chi connectivity index (χ2n) is 4.20. The van der Waals surface area contributed by atoms with Crippen molar-refractivity contribution in [1.82, 2.24) is 5.32 Å². The second-order valence-corrected chi connectivity index (χ2v) is 5.48. The predicted octanol–water partition coefficient (Wildman–Crippen LogP) is 2.77. The lowest BCUT2D eigenvalue weighted by molar-refractivity contribution is 0.0991. The van der Waals surface area contributed by atoms with Gasteiger partial charge in [-0.3, -0.25) is 4.79 Å². The van der Waals surface area contributed by atoms with Crippen LogP contribution in [0.2, 0.25) is 0 Å². The van der Waals surface area contributed by atoms with Gasteiger partial charge in [0.05, 0.1) is 11.4 Å². The van der Waals surface area contributed by atoms with Crippen molar-refractivity contribution in [3.8, 4) is 0 Å². The minimum Gasteiger partial charge on any atom is -0.307 e. The highest BCUT2D eigenvalue weighted by atomic mass is 32.1. The molecule has 0 unspecified atom stereocenters. The van der Waals surface area contributed by atoms with Crippen LogP contribution in [-0.2, 0) is 0 Å². The Balaban J connectivity index is 1.81. The van der Waals surface area contributed by atoms with Gasteiger partial charge < -0.3 is 5.32 Å². The summed E-state index contributed by atoms with van der Waals surface area (Å²) in [5.74, 6) is 0.236. The number of aryl methyl sites for hydroxylation is 1. The van der Waals surface area contributed by atoms with Gasteiger partial charge in [-0.05, 0) is 31.9 Å². The van der Waals surface area contributed by atoms with Crippen molar-refractivity contribution in [3.63, 3.8) is 0 Å². The Bertz CT molecular complexity index is 339. The van der Waals surface area contributed by atoms with E-state index in [1.54, 1.807) is 11.3 Å². The summed E-state index contributed by atoms with van der Waals surface area (Å²) in [5, 5.41) is 3.35. The molecule has 0 aliphatic heterocycles. The molecule has 0 spiro atoms. The minimum absolute atomic E-state index is 0.236. The molecule has 0 aromatic carbocycles. The number of ketones is 1. The average molecular weight is 223 g/mol. The van der Waals surface area contributed by atoms with Gasteiger partial charge in [0.2, 0.25) is 0 Å². The predicted molar refractivity (Wildman–Crippen MR) is 63.6 cm³/mol. The first-order chi connectivity index (χ1) is 7.25. The Morgan fingerprint density at radius 3 is 2.80 bits per heavy atom. The van der Waals surface area contributed by atoms with Crippen molar-refractivity contribution < 1.29 is 4.79 Å². The molecule has 0 saturated heterocycles. The topological polar surface area (TPSA) is 29.1 Å². The molecule has 2 rings (SSSR count). The van der Waals surface area contributed by atoms with Crippen molar-refractivity contribution in [2.45, 2.75) is 38.6 Å². The summed E-state index contributed by atoms with van der Waals surface area (Å²) in [6.07, 6.45) is 5.08. The van der Waals surface area contributed by atoms with Gasteiger partial charge in [0, 0.05) is 10.9 Å². The van der Waals surface area contributed by atoms with Crippen LogP contribution in [0.15, 0.2) is 12.1 Å². The molecule has 1 aliphatic rings. The van der Waals surface area contributed by atoms with Gasteiger partial charge in [-0.25, -0.2) is 0 Å². The smallest absolute Gasteiger partial charge is 0.186 e. The summed E-state index contributed by atoms with van der Waals surface area (Å²) in [5.41, 5.74) is 0. The van der Waals surface area contributed by atoms with Crippen LogP contribution in [0.4, 0.5) is 0 Å². The summed E-state index contributed by atoms with van der Waals surface area (Å²) < 4.78 is 0. The molecule has 0 bridgehead atoms. The minimum atomic E-state index is 0.236. The molecule has 1 heterocycles. The summed E-state index contributed by atoms with van der Waals surface area (Å²) in [6.45, 7) is 2.54. The fourth-order valence-electron chi connectivity index (χ4n) is 2.04. The second kappa shape index (κ2) is 4.90. The van der Waals surface area contributed by atoms with E-state index >= 15 is 0 Å². The Morgan fingerprint density at radius 1 is 1.47 bits per heavy atom. The maximum atomic E-state index is 11.8. The molecule has 2 nitrogen and oxygen atoms in total. The molecule has 1 saturated carbocycles. The Morgan fingerprint density at radius 2 is 2.20 bits per heavy atom. The average Bonchev–Trinajstić information content (AvgIpc) is 2.84. The number of rotatable bonds is 4. The lowest BCUT2D eigenvalue weighted by Crippen LogP contribution is -2.31. The van der Waals surface area contributed by atoms with Crippen LogP contribution in [0.25, 0.3) is 0 Å². The summed E-state index contributed by atoms with van der Waals surface area (Å²) in [4.78, 5) is 13.9. The number of nitrogens with one attached hydrogen (secondary N) is 1. The van der Waals surface area contributed by atoms with Gasteiger partial charge in [-0.2, -0.15) is 0 Å². The van der Waals surface area contributed by atoms with Crippen molar-refractivity contribution >= 4 is 17.1 Å². The van der Waals surface area contributed by atoms with Crippen molar-refractivity contribution in [2.24, 2.45) is 0 Å². The van der Waals surface area contributed by atoms with E-state index in [2.05, 4.69) is 5.32 Å². The zero-order valence-corrected chi connectivity index (χ0v) is 9.90. The number of carbonyl (C=O) groups excluding carboxylic acids is 1. The number of thiophene rings is 1. The standard InChI is InChI=1S/C12H17NOS/c1-9-6-7-12(15-9)11(14)8-13-10-4-2-3-5-10/h6-7,10,13H,2-5,8H2,1H3. The van der Waals surface area contributed by atoms with Gasteiger partial charge >= 0.3 is 0 Å². The molecule has 0 atom stereocenters. The van der Waals surface area contributed by atoms with Crippen LogP contribution >= 0.6 is 11.3 Å². The van der Waals surface area contributed by atoms with E-state index in [1.807, 2.05) is 19.1 Å². The highest BCUT2D eigenvalue weighted by Gasteiger charge is 2.16. The van der Waals surface area contributed by atoms with Crippen LogP contribution in [0.3, 0.4) is 0 Å². The van der Waals surface area contributed by atoms with Crippen LogP contribution in [-0.4, -0.2) is 18.4 Å². The first-order valence-corrected chi connectivity index (χ1v) is 6.40. The molecule has 82 valence electrons. The fraction of sp³-hybridized carbons (Fsp3) is 0.583. The van der Waals surface area contributed by atoms with Crippen LogP contribution in [0.1, 0.15) is 40.2 Å². The molecule has 1 N–H and O–H groups in total. The van der Waals surface area contributed by atoms with Gasteiger partial charge in [-0.15, -0.1) is 11.3 Å². The normalized spacial score (nSPS) is 17.1. The lowest BCUT2D eigenvalue weighted by atomic mass is 10.2. The zero-order valence-electron chi connectivity index (χ0n) is 9.08. The van der Waals surface area contributed by atoms with Gasteiger partial charge in [0.15, 0.2) is 5.78 Å². The largest absolute Gasteiger partial charge is 0.307 e. The number of hydrogen-bond donors (Lipinski definition) is 1. The Kier molecular flexibility index (Phi) is 3.54. The van der Waals surface area contributed by atoms with Crippen molar-refractivity contribution in [1.29, 1.82) is 0 Å². The molecule has 0 amide bonds. The monoisotopic (exact) mass is 223 g/mol. The SMILES string of the molecule is Cc1ccc(C(=O)CNC2CCCC2)s1. The summed E-state index contributed by atoms with van der Waals surface area (Å²) >= 11 is 1.59. The third kappa shape index (κ3) is 2.89.